The van der Waals surface area contributed by atoms with Crippen molar-refractivity contribution in [3.05, 3.63) is 90.0 Å². The third-order valence-corrected chi connectivity index (χ3v) is 6.01. The Labute approximate surface area is 196 Å². The Morgan fingerprint density at radius 2 is 1.58 bits per heavy atom. The van der Waals surface area contributed by atoms with Crippen LogP contribution in [0.15, 0.2) is 78.9 Å². The third-order valence-electron chi connectivity index (χ3n) is 6.01. The Morgan fingerprint density at radius 3 is 2.39 bits per heavy atom. The van der Waals surface area contributed by atoms with Crippen LogP contribution in [0, 0.1) is 0 Å². The van der Waals surface area contributed by atoms with Crippen molar-refractivity contribution in [3.8, 4) is 17.2 Å². The summed E-state index contributed by atoms with van der Waals surface area (Å²) in [5, 5.41) is 0. The minimum Gasteiger partial charge on any atom is -0.493 e. The molecule has 1 fully saturated rings. The van der Waals surface area contributed by atoms with Gasteiger partial charge in [-0.3, -0.25) is 9.69 Å². The minimum atomic E-state index is 0.257. The summed E-state index contributed by atoms with van der Waals surface area (Å²) in [5.74, 6) is 2.47. The van der Waals surface area contributed by atoms with E-state index in [2.05, 4.69) is 29.2 Å². The number of rotatable bonds is 8. The van der Waals surface area contributed by atoms with Gasteiger partial charge >= 0.3 is 0 Å². The van der Waals surface area contributed by atoms with Crippen LogP contribution in [0.25, 0.3) is 0 Å². The van der Waals surface area contributed by atoms with Crippen molar-refractivity contribution in [2.75, 3.05) is 33.3 Å². The zero-order valence-corrected chi connectivity index (χ0v) is 19.3. The van der Waals surface area contributed by atoms with Crippen LogP contribution in [-0.2, 0) is 17.8 Å². The predicted octanol–water partition coefficient (Wildman–Crippen LogP) is 5.15. The van der Waals surface area contributed by atoms with Crippen molar-refractivity contribution in [1.29, 1.82) is 0 Å². The normalized spacial score (nSPS) is 14.5. The lowest BCUT2D eigenvalue weighted by molar-refractivity contribution is -0.131. The van der Waals surface area contributed by atoms with E-state index in [-0.39, 0.29) is 5.91 Å². The van der Waals surface area contributed by atoms with E-state index >= 15 is 0 Å². The zero-order chi connectivity index (χ0) is 22.9. The summed E-state index contributed by atoms with van der Waals surface area (Å²) in [4.78, 5) is 17.2. The largest absolute Gasteiger partial charge is 0.493 e. The second-order valence-corrected chi connectivity index (χ2v) is 8.40. The zero-order valence-electron chi connectivity index (χ0n) is 19.3. The van der Waals surface area contributed by atoms with E-state index in [0.29, 0.717) is 17.9 Å². The Hall–Kier alpha value is -3.31. The van der Waals surface area contributed by atoms with Crippen LogP contribution < -0.4 is 9.47 Å². The van der Waals surface area contributed by atoms with E-state index in [0.717, 1.165) is 51.3 Å². The summed E-state index contributed by atoms with van der Waals surface area (Å²) in [5.41, 5.74) is 2.42. The van der Waals surface area contributed by atoms with Gasteiger partial charge in [0.1, 0.15) is 5.75 Å². The third kappa shape index (κ3) is 6.59. The van der Waals surface area contributed by atoms with Crippen molar-refractivity contribution in [1.82, 2.24) is 9.80 Å². The Balaban J connectivity index is 1.30. The SMILES string of the molecule is COc1ccccc1Oc1cccc(CN2CCCN(C(=O)CCc3ccccc3)CC2)c1. The Bertz CT molecular complexity index is 1040. The van der Waals surface area contributed by atoms with Crippen molar-refractivity contribution < 1.29 is 14.3 Å². The summed E-state index contributed by atoms with van der Waals surface area (Å²) in [6.07, 6.45) is 2.37. The molecule has 3 aromatic rings. The van der Waals surface area contributed by atoms with Gasteiger partial charge in [-0.15, -0.1) is 0 Å². The molecular weight excluding hydrogens is 412 g/mol. The predicted molar refractivity (Wildman–Crippen MR) is 131 cm³/mol. The van der Waals surface area contributed by atoms with Gasteiger partial charge in [0.25, 0.3) is 0 Å². The number of carbonyl (C=O) groups is 1. The summed E-state index contributed by atoms with van der Waals surface area (Å²) in [6, 6.07) is 26.1. The number of amides is 1. The summed E-state index contributed by atoms with van der Waals surface area (Å²) in [6.45, 7) is 4.33. The average molecular weight is 445 g/mol. The number of nitrogens with zero attached hydrogens (tertiary/aromatic N) is 2. The number of benzene rings is 3. The topological polar surface area (TPSA) is 42.0 Å². The molecule has 3 aromatic carbocycles. The molecule has 0 aliphatic carbocycles. The first-order valence-corrected chi connectivity index (χ1v) is 11.6. The number of methoxy groups -OCH3 is 1. The van der Waals surface area contributed by atoms with E-state index < -0.39 is 0 Å². The number of hydrogen-bond donors (Lipinski definition) is 0. The fraction of sp³-hybridized carbons (Fsp3) is 0.321. The average Bonchev–Trinajstić information content (AvgIpc) is 3.09. The van der Waals surface area contributed by atoms with Crippen molar-refractivity contribution in [2.24, 2.45) is 0 Å². The molecule has 0 bridgehead atoms. The fourth-order valence-corrected chi connectivity index (χ4v) is 4.23. The first kappa shape index (κ1) is 22.9. The minimum absolute atomic E-state index is 0.257. The molecule has 1 aliphatic rings. The molecule has 1 saturated heterocycles. The Kier molecular flexibility index (Phi) is 7.99. The molecule has 0 saturated carbocycles. The number of hydrogen-bond acceptors (Lipinski definition) is 4. The van der Waals surface area contributed by atoms with E-state index in [9.17, 15) is 4.79 Å². The molecule has 5 heteroatoms. The van der Waals surface area contributed by atoms with Crippen LogP contribution in [-0.4, -0.2) is 49.0 Å². The van der Waals surface area contributed by atoms with Crippen LogP contribution >= 0.6 is 0 Å². The maximum absolute atomic E-state index is 12.7. The first-order valence-electron chi connectivity index (χ1n) is 11.6. The van der Waals surface area contributed by atoms with E-state index in [1.54, 1.807) is 7.11 Å². The first-order chi connectivity index (χ1) is 16.2. The van der Waals surface area contributed by atoms with Crippen LogP contribution in [0.2, 0.25) is 0 Å². The lowest BCUT2D eigenvalue weighted by atomic mass is 10.1. The van der Waals surface area contributed by atoms with Gasteiger partial charge in [0.2, 0.25) is 5.91 Å². The number of aryl methyl sites for hydroxylation is 1. The molecule has 33 heavy (non-hydrogen) atoms. The van der Waals surface area contributed by atoms with Gasteiger partial charge in [0, 0.05) is 39.1 Å². The second kappa shape index (κ2) is 11.5. The monoisotopic (exact) mass is 444 g/mol. The molecule has 1 aliphatic heterocycles. The highest BCUT2D eigenvalue weighted by molar-refractivity contribution is 5.76. The van der Waals surface area contributed by atoms with Gasteiger partial charge < -0.3 is 14.4 Å². The van der Waals surface area contributed by atoms with Gasteiger partial charge in [0.05, 0.1) is 7.11 Å². The maximum Gasteiger partial charge on any atom is 0.222 e. The van der Waals surface area contributed by atoms with Crippen LogP contribution in [0.5, 0.6) is 17.2 Å². The van der Waals surface area contributed by atoms with Crippen molar-refractivity contribution in [3.63, 3.8) is 0 Å². The highest BCUT2D eigenvalue weighted by Gasteiger charge is 2.19. The van der Waals surface area contributed by atoms with Crippen LogP contribution in [0.1, 0.15) is 24.0 Å². The van der Waals surface area contributed by atoms with E-state index in [1.165, 1.54) is 11.1 Å². The van der Waals surface area contributed by atoms with Gasteiger partial charge in [-0.2, -0.15) is 0 Å². The standard InChI is InChI=1S/C28H32N2O3/c1-32-26-13-5-6-14-27(26)33-25-12-7-11-24(21-25)22-29-17-8-18-30(20-19-29)28(31)16-15-23-9-3-2-4-10-23/h2-7,9-14,21H,8,15-20,22H2,1H3. The molecule has 0 unspecified atom stereocenters. The molecule has 0 spiro atoms. The fourth-order valence-electron chi connectivity index (χ4n) is 4.23. The van der Waals surface area contributed by atoms with Crippen LogP contribution in [0.4, 0.5) is 0 Å². The summed E-state index contributed by atoms with van der Waals surface area (Å²) in [7, 11) is 1.65. The molecule has 1 heterocycles. The van der Waals surface area contributed by atoms with E-state index in [4.69, 9.17) is 9.47 Å². The molecule has 5 nitrogen and oxygen atoms in total. The highest BCUT2D eigenvalue weighted by Crippen LogP contribution is 2.31. The number of para-hydroxylation sites is 2. The molecule has 0 radical (unpaired) electrons. The molecular formula is C28H32N2O3. The molecule has 0 aromatic heterocycles. The van der Waals surface area contributed by atoms with Crippen molar-refractivity contribution in [2.45, 2.75) is 25.8 Å². The van der Waals surface area contributed by atoms with Gasteiger partial charge in [0.15, 0.2) is 11.5 Å². The van der Waals surface area contributed by atoms with Gasteiger partial charge in [-0.05, 0) is 48.2 Å². The molecule has 1 amide bonds. The van der Waals surface area contributed by atoms with Crippen LogP contribution in [0.3, 0.4) is 0 Å². The molecule has 4 rings (SSSR count). The lowest BCUT2D eigenvalue weighted by Crippen LogP contribution is -2.35. The number of carbonyl (C=O) groups excluding carboxylic acids is 1. The molecule has 0 N–H and O–H groups in total. The molecule has 0 atom stereocenters. The smallest absolute Gasteiger partial charge is 0.222 e. The Morgan fingerprint density at radius 1 is 0.818 bits per heavy atom. The maximum atomic E-state index is 12.7. The second-order valence-electron chi connectivity index (χ2n) is 8.40. The van der Waals surface area contributed by atoms with Crippen molar-refractivity contribution >= 4 is 5.91 Å². The highest BCUT2D eigenvalue weighted by atomic mass is 16.5. The number of ether oxygens (including phenoxy) is 2. The quantitative estimate of drug-likeness (QED) is 0.482. The van der Waals surface area contributed by atoms with Gasteiger partial charge in [-0.25, -0.2) is 0 Å². The summed E-state index contributed by atoms with van der Waals surface area (Å²) >= 11 is 0. The van der Waals surface area contributed by atoms with Gasteiger partial charge in [-0.1, -0.05) is 54.6 Å². The summed E-state index contributed by atoms with van der Waals surface area (Å²) < 4.78 is 11.5. The van der Waals surface area contributed by atoms with E-state index in [1.807, 2.05) is 59.5 Å². The lowest BCUT2D eigenvalue weighted by Gasteiger charge is -2.22. The molecule has 172 valence electrons.